The number of benzene rings is 4. The van der Waals surface area contributed by atoms with Crippen molar-refractivity contribution < 1.29 is 28.4 Å². The number of hydrogen-bond donors (Lipinski definition) is 2. The van der Waals surface area contributed by atoms with Crippen LogP contribution in [0.25, 0.3) is 21.5 Å². The summed E-state index contributed by atoms with van der Waals surface area (Å²) in [4.78, 5) is 0. The molecule has 0 heterocycles. The summed E-state index contributed by atoms with van der Waals surface area (Å²) < 4.78 is 34.3. The average Bonchev–Trinajstić information content (AvgIpc) is 3.04. The average molecular weight is 577 g/mol. The zero-order valence-corrected chi connectivity index (χ0v) is 25.7. The maximum atomic E-state index is 5.78. The van der Waals surface area contributed by atoms with E-state index in [4.69, 9.17) is 28.4 Å². The lowest BCUT2D eigenvalue weighted by atomic mass is 9.99. The van der Waals surface area contributed by atoms with Gasteiger partial charge in [0.1, 0.15) is 0 Å². The molecule has 0 aliphatic carbocycles. The minimum atomic E-state index is 0.637. The van der Waals surface area contributed by atoms with E-state index in [1.54, 1.807) is 42.7 Å². The highest BCUT2D eigenvalue weighted by Crippen LogP contribution is 2.47. The van der Waals surface area contributed by atoms with E-state index in [0.29, 0.717) is 23.0 Å². The summed E-state index contributed by atoms with van der Waals surface area (Å²) in [5.74, 6) is 4.15. The first-order valence-corrected chi connectivity index (χ1v) is 14.5. The highest BCUT2D eigenvalue weighted by molar-refractivity contribution is 5.97. The largest absolute Gasteiger partial charge is 0.492 e. The zero-order chi connectivity index (χ0) is 29.9. The summed E-state index contributed by atoms with van der Waals surface area (Å²) in [6.07, 6.45) is 3.81. The Morgan fingerprint density at radius 3 is 1.07 bits per heavy atom. The Bertz CT molecular complexity index is 1360. The summed E-state index contributed by atoms with van der Waals surface area (Å²) in [7, 11) is 9.98. The number of ether oxygens (including phenoxy) is 6. The summed E-state index contributed by atoms with van der Waals surface area (Å²) in [6.45, 7) is 3.58. The molecule has 0 aromatic heterocycles. The summed E-state index contributed by atoms with van der Waals surface area (Å²) in [5.41, 5.74) is 2.25. The quantitative estimate of drug-likeness (QED) is 0.153. The smallest absolute Gasteiger partial charge is 0.204 e. The first-order chi connectivity index (χ1) is 20.6. The molecule has 0 spiro atoms. The highest BCUT2D eigenvalue weighted by Gasteiger charge is 2.22. The Labute approximate surface area is 249 Å². The molecule has 0 atom stereocenters. The number of rotatable bonds is 17. The Morgan fingerprint density at radius 2 is 0.738 bits per heavy atom. The summed E-state index contributed by atoms with van der Waals surface area (Å²) in [5, 5.41) is 11.5. The molecule has 2 N–H and O–H groups in total. The molecule has 4 rings (SSSR count). The first-order valence-electron chi connectivity index (χ1n) is 14.5. The van der Waals surface area contributed by atoms with E-state index in [1.165, 1.54) is 0 Å². The second-order valence-corrected chi connectivity index (χ2v) is 9.95. The van der Waals surface area contributed by atoms with E-state index in [0.717, 1.165) is 96.0 Å². The molecule has 226 valence electrons. The normalized spacial score (nSPS) is 11.1. The van der Waals surface area contributed by atoms with Crippen molar-refractivity contribution in [3.05, 3.63) is 59.7 Å². The highest BCUT2D eigenvalue weighted by atomic mass is 16.5. The van der Waals surface area contributed by atoms with Crippen molar-refractivity contribution in [2.24, 2.45) is 0 Å². The number of methoxy groups -OCH3 is 6. The van der Waals surface area contributed by atoms with Gasteiger partial charge in [-0.3, -0.25) is 0 Å². The molecule has 0 saturated heterocycles. The minimum Gasteiger partial charge on any atom is -0.492 e. The van der Waals surface area contributed by atoms with Crippen LogP contribution in [-0.2, 0) is 12.8 Å². The van der Waals surface area contributed by atoms with Crippen molar-refractivity contribution >= 4 is 21.5 Å². The predicted molar refractivity (Wildman–Crippen MR) is 170 cm³/mol. The van der Waals surface area contributed by atoms with Crippen molar-refractivity contribution in [2.75, 3.05) is 68.8 Å². The molecule has 0 saturated carbocycles. The lowest BCUT2D eigenvalue weighted by molar-refractivity contribution is 0.325. The van der Waals surface area contributed by atoms with E-state index < -0.39 is 0 Å². The third-order valence-electron chi connectivity index (χ3n) is 7.65. The van der Waals surface area contributed by atoms with E-state index in [9.17, 15) is 0 Å². The van der Waals surface area contributed by atoms with E-state index >= 15 is 0 Å². The number of unbranched alkanes of at least 4 members (excludes halogenated alkanes) is 1. The molecule has 0 fully saturated rings. The van der Waals surface area contributed by atoms with Crippen LogP contribution in [0.2, 0.25) is 0 Å². The molecular weight excluding hydrogens is 532 g/mol. The van der Waals surface area contributed by atoms with Crippen LogP contribution in [0.15, 0.2) is 48.5 Å². The molecule has 0 radical (unpaired) electrons. The van der Waals surface area contributed by atoms with E-state index in [2.05, 4.69) is 34.9 Å². The summed E-state index contributed by atoms with van der Waals surface area (Å²) >= 11 is 0. The van der Waals surface area contributed by atoms with Crippen LogP contribution >= 0.6 is 0 Å². The molecule has 42 heavy (non-hydrogen) atoms. The van der Waals surface area contributed by atoms with Crippen LogP contribution in [0, 0.1) is 0 Å². The van der Waals surface area contributed by atoms with Gasteiger partial charge in [-0.2, -0.15) is 0 Å². The first kappa shape index (κ1) is 31.1. The van der Waals surface area contributed by atoms with Crippen LogP contribution in [0.3, 0.4) is 0 Å². The van der Waals surface area contributed by atoms with Crippen LogP contribution in [0.1, 0.15) is 24.0 Å². The van der Waals surface area contributed by atoms with Gasteiger partial charge in [0.25, 0.3) is 0 Å². The number of fused-ring (bicyclic) bond motifs is 2. The van der Waals surface area contributed by atoms with Gasteiger partial charge in [-0.25, -0.2) is 0 Å². The maximum Gasteiger partial charge on any atom is 0.204 e. The maximum absolute atomic E-state index is 5.78. The fraction of sp³-hybridized carbons (Fsp3) is 0.412. The van der Waals surface area contributed by atoms with Gasteiger partial charge in [0.15, 0.2) is 23.0 Å². The molecule has 0 unspecified atom stereocenters. The van der Waals surface area contributed by atoms with Crippen LogP contribution in [0.5, 0.6) is 34.5 Å². The lowest BCUT2D eigenvalue weighted by Gasteiger charge is -2.20. The van der Waals surface area contributed by atoms with Gasteiger partial charge in [-0.15, -0.1) is 0 Å². The SMILES string of the molecule is COc1c(OC)c(OC)c2ccccc2c1CCNCCCCNCCc1c(OC)c(OC)c(OC)c2ccccc12. The second-order valence-electron chi connectivity index (χ2n) is 9.95. The van der Waals surface area contributed by atoms with Gasteiger partial charge in [0.2, 0.25) is 11.5 Å². The molecule has 0 aliphatic heterocycles. The van der Waals surface area contributed by atoms with Gasteiger partial charge in [-0.1, -0.05) is 48.5 Å². The topological polar surface area (TPSA) is 79.4 Å². The zero-order valence-electron chi connectivity index (χ0n) is 25.7. The molecule has 0 bridgehead atoms. The number of hydrogen-bond acceptors (Lipinski definition) is 8. The Balaban J connectivity index is 1.26. The van der Waals surface area contributed by atoms with Crippen molar-refractivity contribution in [1.29, 1.82) is 0 Å². The standard InChI is InChI=1S/C34H44N2O6/c1-37-29-25-15-9-7-13-23(25)27(31(39-3)33(29)41-5)17-21-35-19-11-12-20-36-22-18-28-24-14-8-10-16-26(24)30(38-2)34(42-6)32(28)40-4/h7-10,13-16,35-36H,11-12,17-22H2,1-6H3. The molecule has 0 amide bonds. The van der Waals surface area contributed by atoms with Crippen molar-refractivity contribution in [2.45, 2.75) is 25.7 Å². The van der Waals surface area contributed by atoms with Gasteiger partial charge < -0.3 is 39.1 Å². The Hall–Kier alpha value is -3.88. The van der Waals surface area contributed by atoms with Crippen LogP contribution in [0.4, 0.5) is 0 Å². The Kier molecular flexibility index (Phi) is 11.4. The third kappa shape index (κ3) is 6.45. The molecule has 8 heteroatoms. The Morgan fingerprint density at radius 1 is 0.405 bits per heavy atom. The fourth-order valence-corrected chi connectivity index (χ4v) is 5.74. The fourth-order valence-electron chi connectivity index (χ4n) is 5.74. The third-order valence-corrected chi connectivity index (χ3v) is 7.65. The molecular formula is C34H44N2O6. The van der Waals surface area contributed by atoms with Gasteiger partial charge in [0.05, 0.1) is 42.7 Å². The second kappa shape index (κ2) is 15.4. The summed E-state index contributed by atoms with van der Waals surface area (Å²) in [6, 6.07) is 16.5. The monoisotopic (exact) mass is 576 g/mol. The van der Waals surface area contributed by atoms with Gasteiger partial charge in [-0.05, 0) is 62.6 Å². The van der Waals surface area contributed by atoms with Crippen molar-refractivity contribution in [3.8, 4) is 34.5 Å². The van der Waals surface area contributed by atoms with E-state index in [-0.39, 0.29) is 0 Å². The van der Waals surface area contributed by atoms with E-state index in [1.807, 2.05) is 24.3 Å². The van der Waals surface area contributed by atoms with Gasteiger partial charge >= 0.3 is 0 Å². The van der Waals surface area contributed by atoms with Crippen molar-refractivity contribution in [3.63, 3.8) is 0 Å². The molecule has 4 aromatic carbocycles. The van der Waals surface area contributed by atoms with Crippen molar-refractivity contribution in [1.82, 2.24) is 10.6 Å². The molecule has 0 aliphatic rings. The predicted octanol–water partition coefficient (Wildman–Crippen LogP) is 5.79. The van der Waals surface area contributed by atoms with Crippen LogP contribution in [-0.4, -0.2) is 68.8 Å². The van der Waals surface area contributed by atoms with Crippen LogP contribution < -0.4 is 39.1 Å². The number of nitrogens with one attached hydrogen (secondary N) is 2. The lowest BCUT2D eigenvalue weighted by Crippen LogP contribution is -2.22. The minimum absolute atomic E-state index is 0.637. The molecule has 4 aromatic rings. The molecule has 8 nitrogen and oxygen atoms in total. The van der Waals surface area contributed by atoms with Gasteiger partial charge in [0, 0.05) is 21.9 Å².